The van der Waals surface area contributed by atoms with Gasteiger partial charge in [0.2, 0.25) is 5.84 Å². The molecule has 1 atom stereocenters. The number of benzene rings is 4. The number of rotatable bonds is 10. The summed E-state index contributed by atoms with van der Waals surface area (Å²) in [5.74, 6) is 0.568. The number of hydrogen-bond donors (Lipinski definition) is 0. The predicted molar refractivity (Wildman–Crippen MR) is 186 cm³/mol. The van der Waals surface area contributed by atoms with Crippen LogP contribution in [0.25, 0.3) is 0 Å². The number of methoxy groups -OCH3 is 1. The normalized spacial score (nSPS) is 16.2. The zero-order valence-corrected chi connectivity index (χ0v) is 28.1. The Hall–Kier alpha value is -4.15. The molecule has 0 unspecified atom stereocenters. The molecule has 4 aromatic rings. The lowest BCUT2D eigenvalue weighted by atomic mass is 10.1. The summed E-state index contributed by atoms with van der Waals surface area (Å²) in [5.41, 5.74) is 3.99. The average Bonchev–Trinajstić information content (AvgIpc) is 3.50. The van der Waals surface area contributed by atoms with Gasteiger partial charge in [-0.15, -0.1) is 5.10 Å². The molecule has 0 spiro atoms. The number of nitrogens with zero attached hydrogens (tertiary/aromatic N) is 4. The van der Waals surface area contributed by atoms with Crippen LogP contribution in [0.3, 0.4) is 0 Å². The molecule has 12 heteroatoms. The molecule has 2 aliphatic heterocycles. The minimum absolute atomic E-state index is 0.138. The van der Waals surface area contributed by atoms with Gasteiger partial charge in [-0.05, 0) is 79.7 Å². The monoisotopic (exact) mass is 694 g/mol. The van der Waals surface area contributed by atoms with E-state index >= 15 is 0 Å². The summed E-state index contributed by atoms with van der Waals surface area (Å²) in [6.45, 7) is 5.08. The Labute approximate surface area is 288 Å². The fourth-order valence-electron chi connectivity index (χ4n) is 5.54. The molecule has 1 saturated heterocycles. The highest BCUT2D eigenvalue weighted by atomic mass is 35.5. The summed E-state index contributed by atoms with van der Waals surface area (Å²) in [7, 11) is 1.57. The molecule has 0 aliphatic carbocycles. The lowest BCUT2D eigenvalue weighted by molar-refractivity contribution is -0.135. The summed E-state index contributed by atoms with van der Waals surface area (Å²) in [6.07, 6.45) is -0.606. The third kappa shape index (κ3) is 7.09. The molecule has 244 valence electrons. The lowest BCUT2D eigenvalue weighted by Crippen LogP contribution is -2.39. The van der Waals surface area contributed by atoms with Crippen LogP contribution in [0.4, 0.5) is 17.1 Å². The first-order valence-corrected chi connectivity index (χ1v) is 16.3. The van der Waals surface area contributed by atoms with Crippen molar-refractivity contribution < 1.29 is 23.7 Å². The van der Waals surface area contributed by atoms with Crippen LogP contribution in [-0.4, -0.2) is 51.8 Å². The van der Waals surface area contributed by atoms with E-state index in [1.165, 1.54) is 0 Å². The quantitative estimate of drug-likeness (QED) is 0.155. The van der Waals surface area contributed by atoms with E-state index in [4.69, 9.17) is 58.9 Å². The van der Waals surface area contributed by atoms with Crippen LogP contribution >= 0.6 is 34.8 Å². The SMILES string of the molecule is CCOC(=O)C1=NN(c2ccc(Cl)cc2)[C@@H](c2ccc(OCc3c(Cl)cccc3Cl)c(OC)c2)N1c1ccc(N2CCOCC2)cc1. The zero-order valence-electron chi connectivity index (χ0n) is 25.9. The maximum atomic E-state index is 13.5. The number of amidine groups is 1. The Morgan fingerprint density at radius 1 is 0.872 bits per heavy atom. The van der Waals surface area contributed by atoms with Crippen LogP contribution < -0.4 is 24.3 Å². The standard InChI is InChI=1S/C35H33Cl3N4O5/c1-3-46-35(43)33-39-42(27-10-8-24(36)9-11-27)34(41(33)26-14-12-25(13-15-26)40-17-19-45-20-18-40)23-7-16-31(32(21-23)44-2)47-22-28-29(37)5-4-6-30(28)38/h4-16,21,34H,3,17-20,22H2,1-2H3/t34-/m0/s1. The van der Waals surface area contributed by atoms with Gasteiger partial charge in [0.1, 0.15) is 6.61 Å². The summed E-state index contributed by atoms with van der Waals surface area (Å²) >= 11 is 19.0. The maximum Gasteiger partial charge on any atom is 0.376 e. The molecule has 0 amide bonds. The topological polar surface area (TPSA) is 76.1 Å². The first kappa shape index (κ1) is 32.8. The highest BCUT2D eigenvalue weighted by molar-refractivity contribution is 6.42. The number of hydrazone groups is 1. The molecule has 2 heterocycles. The van der Waals surface area contributed by atoms with Gasteiger partial charge in [0, 0.05) is 50.7 Å². The molecule has 9 nitrogen and oxygen atoms in total. The van der Waals surface area contributed by atoms with Gasteiger partial charge in [0.25, 0.3) is 0 Å². The fraction of sp³-hybridized carbons (Fsp3) is 0.257. The molecule has 47 heavy (non-hydrogen) atoms. The zero-order chi connectivity index (χ0) is 32.9. The van der Waals surface area contributed by atoms with Crippen molar-refractivity contribution in [2.24, 2.45) is 5.10 Å². The van der Waals surface area contributed by atoms with Crippen LogP contribution in [0.2, 0.25) is 15.1 Å². The second-order valence-corrected chi connectivity index (χ2v) is 12.0. The van der Waals surface area contributed by atoms with Gasteiger partial charge in [-0.25, -0.2) is 9.80 Å². The molecule has 0 aromatic heterocycles. The maximum absolute atomic E-state index is 13.5. The molecule has 0 radical (unpaired) electrons. The number of hydrogen-bond acceptors (Lipinski definition) is 9. The first-order valence-electron chi connectivity index (χ1n) is 15.1. The number of carbonyl (C=O) groups excluding carboxylic acids is 1. The Kier molecular flexibility index (Phi) is 10.3. The second kappa shape index (κ2) is 14.7. The van der Waals surface area contributed by atoms with Crippen molar-refractivity contribution in [3.63, 3.8) is 0 Å². The van der Waals surface area contributed by atoms with Crippen molar-refractivity contribution in [2.75, 3.05) is 54.8 Å². The number of morpholine rings is 1. The van der Waals surface area contributed by atoms with Crippen molar-refractivity contribution >= 4 is 63.7 Å². The van der Waals surface area contributed by atoms with Crippen molar-refractivity contribution in [3.8, 4) is 11.5 Å². The number of carbonyl (C=O) groups is 1. The Morgan fingerprint density at radius 2 is 1.53 bits per heavy atom. The largest absolute Gasteiger partial charge is 0.493 e. The van der Waals surface area contributed by atoms with E-state index in [1.807, 2.05) is 59.5 Å². The van der Waals surface area contributed by atoms with Crippen molar-refractivity contribution in [3.05, 3.63) is 111 Å². The van der Waals surface area contributed by atoms with Gasteiger partial charge in [0.15, 0.2) is 17.7 Å². The Morgan fingerprint density at radius 3 is 2.19 bits per heavy atom. The van der Waals surface area contributed by atoms with Crippen molar-refractivity contribution in [1.82, 2.24) is 0 Å². The van der Waals surface area contributed by atoms with Crippen LogP contribution in [-0.2, 0) is 20.9 Å². The van der Waals surface area contributed by atoms with Crippen LogP contribution in [0.5, 0.6) is 11.5 Å². The Balaban J connectivity index is 1.41. The van der Waals surface area contributed by atoms with Crippen molar-refractivity contribution in [2.45, 2.75) is 19.7 Å². The average molecular weight is 696 g/mol. The number of anilines is 3. The lowest BCUT2D eigenvalue weighted by Gasteiger charge is -2.33. The molecule has 0 saturated carbocycles. The van der Waals surface area contributed by atoms with E-state index in [2.05, 4.69) is 4.90 Å². The van der Waals surface area contributed by atoms with E-state index in [0.717, 1.165) is 35.7 Å². The van der Waals surface area contributed by atoms with Crippen LogP contribution in [0.1, 0.15) is 24.2 Å². The molecule has 4 aromatic carbocycles. The van der Waals surface area contributed by atoms with E-state index < -0.39 is 12.1 Å². The highest BCUT2D eigenvalue weighted by Gasteiger charge is 2.41. The summed E-state index contributed by atoms with van der Waals surface area (Å²) in [4.78, 5) is 17.6. The van der Waals surface area contributed by atoms with E-state index in [0.29, 0.717) is 45.3 Å². The number of halogens is 3. The molecule has 0 N–H and O–H groups in total. The van der Waals surface area contributed by atoms with Crippen LogP contribution in [0.15, 0.2) is 90.0 Å². The predicted octanol–water partition coefficient (Wildman–Crippen LogP) is 7.97. The van der Waals surface area contributed by atoms with Gasteiger partial charge in [-0.3, -0.25) is 4.90 Å². The first-order chi connectivity index (χ1) is 22.9. The summed E-state index contributed by atoms with van der Waals surface area (Å²) in [5, 5.41) is 8.21. The van der Waals surface area contributed by atoms with Crippen LogP contribution in [0, 0.1) is 0 Å². The molecule has 6 rings (SSSR count). The Bertz CT molecular complexity index is 1730. The molecule has 0 bridgehead atoms. The molecular weight excluding hydrogens is 663 g/mol. The van der Waals surface area contributed by atoms with Gasteiger partial charge < -0.3 is 23.8 Å². The van der Waals surface area contributed by atoms with Gasteiger partial charge in [0.05, 0.1) is 32.6 Å². The number of esters is 1. The van der Waals surface area contributed by atoms with E-state index in [9.17, 15) is 4.79 Å². The number of ether oxygens (including phenoxy) is 4. The van der Waals surface area contributed by atoms with Crippen molar-refractivity contribution in [1.29, 1.82) is 0 Å². The van der Waals surface area contributed by atoms with E-state index in [-0.39, 0.29) is 19.0 Å². The smallest absolute Gasteiger partial charge is 0.376 e. The minimum atomic E-state index is -0.606. The van der Waals surface area contributed by atoms with E-state index in [1.54, 1.807) is 49.4 Å². The molecular formula is C35H33Cl3N4O5. The summed E-state index contributed by atoms with van der Waals surface area (Å²) in [6, 6.07) is 26.3. The van der Waals surface area contributed by atoms with Gasteiger partial charge in [-0.1, -0.05) is 46.9 Å². The van der Waals surface area contributed by atoms with Gasteiger partial charge in [-0.2, -0.15) is 0 Å². The molecule has 2 aliphatic rings. The highest BCUT2D eigenvalue weighted by Crippen LogP contribution is 2.42. The fourth-order valence-corrected chi connectivity index (χ4v) is 6.17. The third-order valence-corrected chi connectivity index (χ3v) is 8.84. The third-order valence-electron chi connectivity index (χ3n) is 7.88. The second-order valence-electron chi connectivity index (χ2n) is 10.7. The molecule has 1 fully saturated rings. The summed E-state index contributed by atoms with van der Waals surface area (Å²) < 4.78 is 23.0. The van der Waals surface area contributed by atoms with Gasteiger partial charge >= 0.3 is 5.97 Å². The minimum Gasteiger partial charge on any atom is -0.493 e.